The summed E-state index contributed by atoms with van der Waals surface area (Å²) in [5.41, 5.74) is 0. The van der Waals surface area contributed by atoms with Crippen molar-refractivity contribution in [3.8, 4) is 16.5 Å². The number of carbonyl (C=O) groups is 1. The second-order valence-corrected chi connectivity index (χ2v) is 5.80. The normalized spacial score (nSPS) is 10.7. The van der Waals surface area contributed by atoms with Crippen LogP contribution in [0.15, 0.2) is 33.4 Å². The molecule has 0 amide bonds. The molecule has 7 heteroatoms. The van der Waals surface area contributed by atoms with Gasteiger partial charge in [0.25, 0.3) is 11.8 Å². The van der Waals surface area contributed by atoms with Crippen molar-refractivity contribution in [2.45, 2.75) is 13.5 Å². The summed E-state index contributed by atoms with van der Waals surface area (Å²) in [6.45, 7) is 1.66. The SMILES string of the molecule is CC(=O)c1sccc1OCc1nnc(-c2cccs2)o1. The Morgan fingerprint density at radius 1 is 1.30 bits per heavy atom. The summed E-state index contributed by atoms with van der Waals surface area (Å²) in [4.78, 5) is 12.9. The largest absolute Gasteiger partial charge is 0.482 e. The lowest BCUT2D eigenvalue weighted by atomic mass is 10.3. The standard InChI is InChI=1S/C13H10N2O3S2/c1-8(16)12-9(4-6-20-12)17-7-11-14-15-13(18-11)10-3-2-5-19-10/h2-6H,7H2,1H3. The topological polar surface area (TPSA) is 65.2 Å². The van der Waals surface area contributed by atoms with Gasteiger partial charge in [-0.05, 0) is 22.9 Å². The molecule has 0 radical (unpaired) electrons. The first-order valence-electron chi connectivity index (χ1n) is 5.81. The molecule has 0 aliphatic heterocycles. The summed E-state index contributed by atoms with van der Waals surface area (Å²) in [6, 6.07) is 5.60. The number of ether oxygens (including phenoxy) is 1. The lowest BCUT2D eigenvalue weighted by Crippen LogP contribution is -1.98. The molecule has 102 valence electrons. The van der Waals surface area contributed by atoms with Crippen LogP contribution in [0.2, 0.25) is 0 Å². The minimum atomic E-state index is -0.0141. The number of hydrogen-bond acceptors (Lipinski definition) is 7. The van der Waals surface area contributed by atoms with E-state index in [2.05, 4.69) is 10.2 Å². The van der Waals surface area contributed by atoms with Crippen LogP contribution >= 0.6 is 22.7 Å². The molecule has 0 saturated carbocycles. The molecule has 0 bridgehead atoms. The lowest BCUT2D eigenvalue weighted by Gasteiger charge is -2.01. The van der Waals surface area contributed by atoms with Crippen LogP contribution < -0.4 is 4.74 Å². The molecular formula is C13H10N2O3S2. The molecule has 0 aliphatic rings. The zero-order valence-electron chi connectivity index (χ0n) is 10.5. The van der Waals surface area contributed by atoms with Crippen LogP contribution in [-0.2, 0) is 6.61 Å². The van der Waals surface area contributed by atoms with Gasteiger partial charge in [0, 0.05) is 6.92 Å². The summed E-state index contributed by atoms with van der Waals surface area (Å²) in [6.07, 6.45) is 0. The van der Waals surface area contributed by atoms with E-state index in [4.69, 9.17) is 9.15 Å². The summed E-state index contributed by atoms with van der Waals surface area (Å²) in [5.74, 6) is 1.41. The van der Waals surface area contributed by atoms with E-state index in [1.54, 1.807) is 6.07 Å². The minimum absolute atomic E-state index is 0.0141. The zero-order chi connectivity index (χ0) is 13.9. The second-order valence-electron chi connectivity index (χ2n) is 3.94. The molecule has 3 heterocycles. The van der Waals surface area contributed by atoms with Crippen molar-refractivity contribution in [1.29, 1.82) is 0 Å². The molecule has 3 aromatic heterocycles. The average molecular weight is 306 g/mol. The van der Waals surface area contributed by atoms with E-state index >= 15 is 0 Å². The van der Waals surface area contributed by atoms with E-state index < -0.39 is 0 Å². The second kappa shape index (κ2) is 5.56. The molecule has 3 aromatic rings. The number of hydrogen-bond donors (Lipinski definition) is 0. The predicted octanol–water partition coefficient (Wildman–Crippen LogP) is 3.64. The van der Waals surface area contributed by atoms with E-state index in [-0.39, 0.29) is 12.4 Å². The van der Waals surface area contributed by atoms with Gasteiger partial charge in [-0.25, -0.2) is 0 Å². The molecule has 0 spiro atoms. The third kappa shape index (κ3) is 2.63. The van der Waals surface area contributed by atoms with Gasteiger partial charge in [0.2, 0.25) is 0 Å². The fourth-order valence-corrected chi connectivity index (χ4v) is 3.00. The van der Waals surface area contributed by atoms with Crippen molar-refractivity contribution < 1.29 is 13.9 Å². The number of ketones is 1. The van der Waals surface area contributed by atoms with Gasteiger partial charge < -0.3 is 9.15 Å². The van der Waals surface area contributed by atoms with Gasteiger partial charge in [-0.3, -0.25) is 4.79 Å². The van der Waals surface area contributed by atoms with Gasteiger partial charge in [-0.2, -0.15) is 0 Å². The number of nitrogens with zero attached hydrogens (tertiary/aromatic N) is 2. The number of Topliss-reactive ketones (excluding diaryl/α,β-unsaturated/α-hetero) is 1. The van der Waals surface area contributed by atoms with Crippen LogP contribution in [0.4, 0.5) is 0 Å². The summed E-state index contributed by atoms with van der Waals surface area (Å²) < 4.78 is 11.1. The molecule has 3 rings (SSSR count). The highest BCUT2D eigenvalue weighted by atomic mass is 32.1. The van der Waals surface area contributed by atoms with Crippen molar-refractivity contribution >= 4 is 28.5 Å². The van der Waals surface area contributed by atoms with Crippen molar-refractivity contribution in [2.24, 2.45) is 0 Å². The number of aromatic nitrogens is 2. The van der Waals surface area contributed by atoms with Gasteiger partial charge in [-0.1, -0.05) is 6.07 Å². The van der Waals surface area contributed by atoms with Crippen molar-refractivity contribution in [3.63, 3.8) is 0 Å². The quantitative estimate of drug-likeness (QED) is 0.673. The minimum Gasteiger partial charge on any atom is -0.482 e. The summed E-state index contributed by atoms with van der Waals surface area (Å²) in [7, 11) is 0. The first-order chi connectivity index (χ1) is 9.74. The van der Waals surface area contributed by atoms with E-state index in [9.17, 15) is 4.79 Å². The van der Waals surface area contributed by atoms with Gasteiger partial charge >= 0.3 is 0 Å². The van der Waals surface area contributed by atoms with Crippen LogP contribution in [0.5, 0.6) is 5.75 Å². The third-order valence-electron chi connectivity index (χ3n) is 2.50. The summed E-state index contributed by atoms with van der Waals surface area (Å²) >= 11 is 2.89. The van der Waals surface area contributed by atoms with E-state index in [0.29, 0.717) is 22.4 Å². The third-order valence-corrected chi connectivity index (χ3v) is 4.35. The van der Waals surface area contributed by atoms with Crippen molar-refractivity contribution in [3.05, 3.63) is 39.7 Å². The first kappa shape index (κ1) is 13.0. The number of carbonyl (C=O) groups excluding carboxylic acids is 1. The Morgan fingerprint density at radius 3 is 2.95 bits per heavy atom. The molecule has 0 aliphatic carbocycles. The van der Waals surface area contributed by atoms with Crippen LogP contribution in [-0.4, -0.2) is 16.0 Å². The highest BCUT2D eigenvalue weighted by Crippen LogP contribution is 2.27. The molecule has 0 saturated heterocycles. The van der Waals surface area contributed by atoms with Crippen LogP contribution in [0, 0.1) is 0 Å². The first-order valence-corrected chi connectivity index (χ1v) is 7.57. The van der Waals surface area contributed by atoms with Crippen LogP contribution in [0.25, 0.3) is 10.8 Å². The van der Waals surface area contributed by atoms with E-state index in [1.807, 2.05) is 22.9 Å². The van der Waals surface area contributed by atoms with Crippen molar-refractivity contribution in [2.75, 3.05) is 0 Å². The van der Waals surface area contributed by atoms with Crippen LogP contribution in [0.1, 0.15) is 22.5 Å². The Labute approximate surface area is 122 Å². The van der Waals surface area contributed by atoms with E-state index in [0.717, 1.165) is 4.88 Å². The molecule has 0 fully saturated rings. The fraction of sp³-hybridized carbons (Fsp3) is 0.154. The Morgan fingerprint density at radius 2 is 2.20 bits per heavy atom. The summed E-state index contributed by atoms with van der Waals surface area (Å²) in [5, 5.41) is 11.7. The molecular weight excluding hydrogens is 296 g/mol. The van der Waals surface area contributed by atoms with Gasteiger partial charge in [0.05, 0.1) is 4.88 Å². The Hall–Kier alpha value is -1.99. The molecule has 0 aromatic carbocycles. The Bertz CT molecular complexity index is 716. The average Bonchev–Trinajstić information content (AvgIpc) is 3.16. The molecule has 5 nitrogen and oxygen atoms in total. The predicted molar refractivity (Wildman–Crippen MR) is 76.3 cm³/mol. The maximum atomic E-state index is 11.4. The smallest absolute Gasteiger partial charge is 0.257 e. The maximum absolute atomic E-state index is 11.4. The molecule has 0 atom stereocenters. The zero-order valence-corrected chi connectivity index (χ0v) is 12.2. The van der Waals surface area contributed by atoms with Crippen molar-refractivity contribution in [1.82, 2.24) is 10.2 Å². The molecule has 0 N–H and O–H groups in total. The number of rotatable bonds is 5. The van der Waals surface area contributed by atoms with Gasteiger partial charge in [-0.15, -0.1) is 32.9 Å². The Kier molecular flexibility index (Phi) is 3.62. The fourth-order valence-electron chi connectivity index (χ4n) is 1.62. The molecule has 0 unspecified atom stereocenters. The van der Waals surface area contributed by atoms with E-state index in [1.165, 1.54) is 29.6 Å². The van der Waals surface area contributed by atoms with Gasteiger partial charge in [0.15, 0.2) is 12.4 Å². The van der Waals surface area contributed by atoms with Gasteiger partial charge in [0.1, 0.15) is 10.6 Å². The molecule has 20 heavy (non-hydrogen) atoms. The lowest BCUT2D eigenvalue weighted by molar-refractivity contribution is 0.101. The Balaban J connectivity index is 1.70. The monoisotopic (exact) mass is 306 g/mol. The highest BCUT2D eigenvalue weighted by Gasteiger charge is 2.13. The maximum Gasteiger partial charge on any atom is 0.257 e. The number of thiophene rings is 2. The highest BCUT2D eigenvalue weighted by molar-refractivity contribution is 7.13. The van der Waals surface area contributed by atoms with Crippen LogP contribution in [0.3, 0.4) is 0 Å².